The Kier molecular flexibility index (Phi) is 7.02. The second kappa shape index (κ2) is 9.50. The van der Waals surface area contributed by atoms with E-state index in [9.17, 15) is 9.59 Å². The van der Waals surface area contributed by atoms with Gasteiger partial charge in [0.05, 0.1) is 0 Å². The molecule has 2 rings (SSSR count). The molecule has 0 saturated carbocycles. The van der Waals surface area contributed by atoms with Crippen LogP contribution in [0.1, 0.15) is 18.1 Å². The molecule has 4 heteroatoms. The molecule has 0 unspecified atom stereocenters. The third-order valence-corrected chi connectivity index (χ3v) is 3.90. The molecule has 0 aliphatic carbocycles. The average molecular weight is 324 g/mol. The topological polar surface area (TPSA) is 58.2 Å². The van der Waals surface area contributed by atoms with Gasteiger partial charge in [-0.1, -0.05) is 60.7 Å². The molecule has 0 heterocycles. The van der Waals surface area contributed by atoms with E-state index in [4.69, 9.17) is 0 Å². The van der Waals surface area contributed by atoms with Crippen molar-refractivity contribution in [3.63, 3.8) is 0 Å². The summed E-state index contributed by atoms with van der Waals surface area (Å²) in [7, 11) is 0. The normalized spacial score (nSPS) is 10.4. The third-order valence-electron chi connectivity index (χ3n) is 3.90. The molecule has 2 N–H and O–H groups in total. The van der Waals surface area contributed by atoms with Crippen molar-refractivity contribution in [2.24, 2.45) is 5.92 Å². The summed E-state index contributed by atoms with van der Waals surface area (Å²) < 4.78 is 0. The standard InChI is InChI=1S/C20H24N2O2/c1-16(19(23)21-14-12-17-8-4-2-5-9-17)20(24)22-15-13-18-10-6-3-7-11-18/h2-11,16H,12-15H2,1H3,(H,21,23)(H,22,24). The maximum atomic E-state index is 12.0. The number of hydrogen-bond acceptors (Lipinski definition) is 2. The van der Waals surface area contributed by atoms with E-state index >= 15 is 0 Å². The van der Waals surface area contributed by atoms with Crippen molar-refractivity contribution >= 4 is 11.8 Å². The van der Waals surface area contributed by atoms with Crippen molar-refractivity contribution in [3.05, 3.63) is 71.8 Å². The number of hydrogen-bond donors (Lipinski definition) is 2. The highest BCUT2D eigenvalue weighted by Crippen LogP contribution is 2.01. The minimum atomic E-state index is -0.684. The van der Waals surface area contributed by atoms with Gasteiger partial charge in [-0.25, -0.2) is 0 Å². The first-order valence-electron chi connectivity index (χ1n) is 8.30. The molecule has 0 radical (unpaired) electrons. The lowest BCUT2D eigenvalue weighted by Crippen LogP contribution is -2.41. The fourth-order valence-electron chi connectivity index (χ4n) is 2.37. The van der Waals surface area contributed by atoms with Crippen molar-refractivity contribution in [1.82, 2.24) is 10.6 Å². The summed E-state index contributed by atoms with van der Waals surface area (Å²) in [6.07, 6.45) is 1.52. The first-order valence-corrected chi connectivity index (χ1v) is 8.30. The van der Waals surface area contributed by atoms with Crippen LogP contribution in [0.15, 0.2) is 60.7 Å². The van der Waals surface area contributed by atoms with Crippen molar-refractivity contribution in [3.8, 4) is 0 Å². The molecule has 2 amide bonds. The van der Waals surface area contributed by atoms with Crippen LogP contribution in [0, 0.1) is 5.92 Å². The molecule has 2 aromatic carbocycles. The van der Waals surface area contributed by atoms with Gasteiger partial charge in [0.2, 0.25) is 11.8 Å². The molecule has 2 aromatic rings. The van der Waals surface area contributed by atoms with Crippen molar-refractivity contribution in [2.75, 3.05) is 13.1 Å². The van der Waals surface area contributed by atoms with Gasteiger partial charge < -0.3 is 10.6 Å². The first kappa shape index (κ1) is 17.7. The van der Waals surface area contributed by atoms with Crippen LogP contribution >= 0.6 is 0 Å². The fraction of sp³-hybridized carbons (Fsp3) is 0.300. The Morgan fingerprint density at radius 2 is 1.12 bits per heavy atom. The van der Waals surface area contributed by atoms with E-state index in [-0.39, 0.29) is 11.8 Å². The Balaban J connectivity index is 1.67. The maximum absolute atomic E-state index is 12.0. The second-order valence-corrected chi connectivity index (χ2v) is 5.77. The third kappa shape index (κ3) is 5.88. The van der Waals surface area contributed by atoms with E-state index < -0.39 is 5.92 Å². The molecular formula is C20H24N2O2. The Morgan fingerprint density at radius 1 is 0.750 bits per heavy atom. The number of rotatable bonds is 8. The lowest BCUT2D eigenvalue weighted by Gasteiger charge is -2.13. The van der Waals surface area contributed by atoms with Gasteiger partial charge in [-0.3, -0.25) is 9.59 Å². The van der Waals surface area contributed by atoms with Crippen LogP contribution in [0.25, 0.3) is 0 Å². The quantitative estimate of drug-likeness (QED) is 0.732. The summed E-state index contributed by atoms with van der Waals surface area (Å²) in [5.74, 6) is -1.15. The lowest BCUT2D eigenvalue weighted by molar-refractivity contribution is -0.134. The van der Waals surface area contributed by atoms with Crippen LogP contribution in [0.5, 0.6) is 0 Å². The molecule has 0 aromatic heterocycles. The summed E-state index contributed by atoms with van der Waals surface area (Å²) in [6.45, 7) is 2.70. The monoisotopic (exact) mass is 324 g/mol. The smallest absolute Gasteiger partial charge is 0.232 e. The van der Waals surface area contributed by atoms with Gasteiger partial charge >= 0.3 is 0 Å². The van der Waals surface area contributed by atoms with Crippen LogP contribution in [0.3, 0.4) is 0 Å². The lowest BCUT2D eigenvalue weighted by atomic mass is 10.1. The van der Waals surface area contributed by atoms with E-state index in [0.29, 0.717) is 13.1 Å². The number of carbonyl (C=O) groups excluding carboxylic acids is 2. The predicted octanol–water partition coefficient (Wildman–Crippen LogP) is 2.34. The molecule has 0 saturated heterocycles. The number of benzene rings is 2. The molecule has 24 heavy (non-hydrogen) atoms. The molecule has 126 valence electrons. The van der Waals surface area contributed by atoms with Crippen LogP contribution in [0.2, 0.25) is 0 Å². The van der Waals surface area contributed by atoms with Crippen molar-refractivity contribution in [1.29, 1.82) is 0 Å². The van der Waals surface area contributed by atoms with Crippen LogP contribution in [-0.4, -0.2) is 24.9 Å². The van der Waals surface area contributed by atoms with E-state index in [2.05, 4.69) is 10.6 Å². The zero-order valence-corrected chi connectivity index (χ0v) is 14.0. The summed E-state index contributed by atoms with van der Waals surface area (Å²) in [5.41, 5.74) is 2.33. The van der Waals surface area contributed by atoms with Gasteiger partial charge in [-0.15, -0.1) is 0 Å². The highest BCUT2D eigenvalue weighted by Gasteiger charge is 2.20. The summed E-state index contributed by atoms with van der Waals surface area (Å²) in [6, 6.07) is 19.9. The van der Waals surface area contributed by atoms with Gasteiger partial charge in [0.15, 0.2) is 0 Å². The van der Waals surface area contributed by atoms with Crippen molar-refractivity contribution in [2.45, 2.75) is 19.8 Å². The highest BCUT2D eigenvalue weighted by molar-refractivity contribution is 5.99. The van der Waals surface area contributed by atoms with Crippen LogP contribution < -0.4 is 10.6 Å². The Labute approximate surface area is 143 Å². The van der Waals surface area contributed by atoms with Gasteiger partial charge in [-0.2, -0.15) is 0 Å². The van der Waals surface area contributed by atoms with E-state index in [0.717, 1.165) is 24.0 Å². The summed E-state index contributed by atoms with van der Waals surface area (Å²) in [5, 5.41) is 5.64. The van der Waals surface area contributed by atoms with Gasteiger partial charge in [-0.05, 0) is 30.9 Å². The van der Waals surface area contributed by atoms with Gasteiger partial charge in [0.1, 0.15) is 5.92 Å². The summed E-state index contributed by atoms with van der Waals surface area (Å²) >= 11 is 0. The number of nitrogens with one attached hydrogen (secondary N) is 2. The Morgan fingerprint density at radius 3 is 1.50 bits per heavy atom. The first-order chi connectivity index (χ1) is 11.7. The van der Waals surface area contributed by atoms with Crippen LogP contribution in [0.4, 0.5) is 0 Å². The van der Waals surface area contributed by atoms with Crippen molar-refractivity contribution < 1.29 is 9.59 Å². The minimum Gasteiger partial charge on any atom is -0.355 e. The molecule has 0 atom stereocenters. The van der Waals surface area contributed by atoms with Gasteiger partial charge in [0, 0.05) is 13.1 Å². The Bertz CT molecular complexity index is 584. The minimum absolute atomic E-state index is 0.233. The van der Waals surface area contributed by atoms with Crippen LogP contribution in [-0.2, 0) is 22.4 Å². The average Bonchev–Trinajstić information content (AvgIpc) is 2.62. The molecule has 0 bridgehead atoms. The molecule has 0 spiro atoms. The van der Waals surface area contributed by atoms with E-state index in [1.54, 1.807) is 6.92 Å². The predicted molar refractivity (Wildman–Crippen MR) is 95.5 cm³/mol. The summed E-state index contributed by atoms with van der Waals surface area (Å²) in [4.78, 5) is 24.1. The Hall–Kier alpha value is -2.62. The molecule has 0 aliphatic heterocycles. The van der Waals surface area contributed by atoms with Gasteiger partial charge in [0.25, 0.3) is 0 Å². The zero-order chi connectivity index (χ0) is 17.2. The number of carbonyl (C=O) groups is 2. The largest absolute Gasteiger partial charge is 0.355 e. The second-order valence-electron chi connectivity index (χ2n) is 5.77. The van der Waals surface area contributed by atoms with E-state index in [1.807, 2.05) is 60.7 Å². The maximum Gasteiger partial charge on any atom is 0.232 e. The molecule has 4 nitrogen and oxygen atoms in total. The van der Waals surface area contributed by atoms with E-state index in [1.165, 1.54) is 0 Å². The molecule has 0 aliphatic rings. The molecule has 0 fully saturated rings. The zero-order valence-electron chi connectivity index (χ0n) is 14.0. The molecular weight excluding hydrogens is 300 g/mol. The fourth-order valence-corrected chi connectivity index (χ4v) is 2.37. The highest BCUT2D eigenvalue weighted by atomic mass is 16.2. The SMILES string of the molecule is CC(C(=O)NCCc1ccccc1)C(=O)NCCc1ccccc1. The number of amides is 2.